The number of hydrogen-bond acceptors (Lipinski definition) is 5. The summed E-state index contributed by atoms with van der Waals surface area (Å²) >= 11 is 5.79. The molecule has 7 heteroatoms. The number of anilines is 1. The van der Waals surface area contributed by atoms with Gasteiger partial charge >= 0.3 is 0 Å². The zero-order valence-corrected chi connectivity index (χ0v) is 14.0. The molecule has 0 atom stereocenters. The summed E-state index contributed by atoms with van der Waals surface area (Å²) in [6.07, 6.45) is 1.50. The standard InChI is InChI=1S/C17H17ClN2O4/c1-22-15-8-7-14(9-16(15)23-2)20-17(21)11-24-19-10-12-3-5-13(18)6-4-12/h3-10H,11H2,1-2H3,(H,20,21)/b19-10-. The van der Waals surface area contributed by atoms with E-state index in [-0.39, 0.29) is 12.5 Å². The van der Waals surface area contributed by atoms with Crippen molar-refractivity contribution >= 4 is 29.4 Å². The molecule has 2 rings (SSSR count). The fraction of sp³-hybridized carbons (Fsp3) is 0.176. The number of halogens is 1. The van der Waals surface area contributed by atoms with Gasteiger partial charge in [-0.2, -0.15) is 0 Å². The highest BCUT2D eigenvalue weighted by molar-refractivity contribution is 6.30. The fourth-order valence-corrected chi connectivity index (χ4v) is 1.98. The molecule has 6 nitrogen and oxygen atoms in total. The minimum atomic E-state index is -0.338. The highest BCUT2D eigenvalue weighted by atomic mass is 35.5. The number of oxime groups is 1. The fourth-order valence-electron chi connectivity index (χ4n) is 1.85. The second-order valence-electron chi connectivity index (χ2n) is 4.68. The van der Waals surface area contributed by atoms with Gasteiger partial charge in [0.05, 0.1) is 20.4 Å². The van der Waals surface area contributed by atoms with Crippen LogP contribution >= 0.6 is 11.6 Å². The number of rotatable bonds is 7. The lowest BCUT2D eigenvalue weighted by molar-refractivity contribution is -0.120. The molecule has 1 amide bonds. The second kappa shape index (κ2) is 8.79. The lowest BCUT2D eigenvalue weighted by atomic mass is 10.2. The van der Waals surface area contributed by atoms with Crippen molar-refractivity contribution < 1.29 is 19.1 Å². The summed E-state index contributed by atoms with van der Waals surface area (Å²) in [5, 5.41) is 7.06. The van der Waals surface area contributed by atoms with Crippen LogP contribution in [0.1, 0.15) is 5.56 Å². The monoisotopic (exact) mass is 348 g/mol. The Bertz CT molecular complexity index is 717. The molecule has 0 spiro atoms. The van der Waals surface area contributed by atoms with Crippen molar-refractivity contribution in [2.75, 3.05) is 26.1 Å². The molecule has 0 saturated heterocycles. The third-order valence-electron chi connectivity index (χ3n) is 3.01. The van der Waals surface area contributed by atoms with Crippen molar-refractivity contribution in [2.24, 2.45) is 5.16 Å². The molecule has 0 heterocycles. The molecule has 0 fully saturated rings. The minimum Gasteiger partial charge on any atom is -0.493 e. The molecule has 0 aliphatic carbocycles. The Balaban J connectivity index is 1.84. The smallest absolute Gasteiger partial charge is 0.265 e. The van der Waals surface area contributed by atoms with E-state index >= 15 is 0 Å². The maximum absolute atomic E-state index is 11.8. The summed E-state index contributed by atoms with van der Waals surface area (Å²) < 4.78 is 10.3. The van der Waals surface area contributed by atoms with E-state index < -0.39 is 0 Å². The second-order valence-corrected chi connectivity index (χ2v) is 5.11. The normalized spacial score (nSPS) is 10.5. The van der Waals surface area contributed by atoms with Crippen LogP contribution in [0.25, 0.3) is 0 Å². The maximum atomic E-state index is 11.8. The lowest BCUT2D eigenvalue weighted by Gasteiger charge is -2.10. The number of nitrogens with zero attached hydrogens (tertiary/aromatic N) is 1. The predicted octanol–water partition coefficient (Wildman–Crippen LogP) is 3.35. The van der Waals surface area contributed by atoms with E-state index in [4.69, 9.17) is 25.9 Å². The SMILES string of the molecule is COc1ccc(NC(=O)CO/N=C\c2ccc(Cl)cc2)cc1OC. The van der Waals surface area contributed by atoms with E-state index in [1.54, 1.807) is 49.6 Å². The Morgan fingerprint density at radius 3 is 2.50 bits per heavy atom. The van der Waals surface area contributed by atoms with Gasteiger partial charge in [0, 0.05) is 16.8 Å². The van der Waals surface area contributed by atoms with Crippen LogP contribution < -0.4 is 14.8 Å². The topological polar surface area (TPSA) is 69.2 Å². The average Bonchev–Trinajstić information content (AvgIpc) is 2.60. The van der Waals surface area contributed by atoms with Gasteiger partial charge in [-0.3, -0.25) is 4.79 Å². The first-order chi connectivity index (χ1) is 11.6. The van der Waals surface area contributed by atoms with Crippen molar-refractivity contribution in [1.82, 2.24) is 0 Å². The molecule has 0 aliphatic heterocycles. The molecule has 0 unspecified atom stereocenters. The maximum Gasteiger partial charge on any atom is 0.265 e. The zero-order valence-electron chi connectivity index (χ0n) is 13.3. The van der Waals surface area contributed by atoms with E-state index in [1.165, 1.54) is 13.3 Å². The van der Waals surface area contributed by atoms with Crippen molar-refractivity contribution in [3.05, 3.63) is 53.1 Å². The van der Waals surface area contributed by atoms with Gasteiger partial charge < -0.3 is 19.6 Å². The highest BCUT2D eigenvalue weighted by Crippen LogP contribution is 2.29. The van der Waals surface area contributed by atoms with E-state index in [2.05, 4.69) is 10.5 Å². The van der Waals surface area contributed by atoms with Gasteiger partial charge in [-0.05, 0) is 29.8 Å². The molecule has 0 radical (unpaired) electrons. The highest BCUT2D eigenvalue weighted by Gasteiger charge is 2.07. The number of benzene rings is 2. The number of nitrogens with one attached hydrogen (secondary N) is 1. The Morgan fingerprint density at radius 2 is 1.83 bits per heavy atom. The van der Waals surface area contributed by atoms with Crippen LogP contribution in [0.3, 0.4) is 0 Å². The van der Waals surface area contributed by atoms with Gasteiger partial charge in [0.15, 0.2) is 18.1 Å². The summed E-state index contributed by atoms with van der Waals surface area (Å²) in [4.78, 5) is 16.8. The molecule has 0 saturated carbocycles. The summed E-state index contributed by atoms with van der Waals surface area (Å²) in [6.45, 7) is -0.210. The van der Waals surface area contributed by atoms with Gasteiger partial charge in [-0.25, -0.2) is 0 Å². The van der Waals surface area contributed by atoms with Crippen LogP contribution in [-0.4, -0.2) is 32.9 Å². The summed E-state index contributed by atoms with van der Waals surface area (Å²) in [7, 11) is 3.07. The largest absolute Gasteiger partial charge is 0.493 e. The number of carbonyl (C=O) groups excluding carboxylic acids is 1. The molecule has 0 aromatic heterocycles. The van der Waals surface area contributed by atoms with Crippen molar-refractivity contribution in [2.45, 2.75) is 0 Å². The molecule has 0 bridgehead atoms. The number of amides is 1. The quantitative estimate of drug-likeness (QED) is 0.615. The number of methoxy groups -OCH3 is 2. The van der Waals surface area contributed by atoms with Crippen LogP contribution in [0.15, 0.2) is 47.6 Å². The summed E-state index contributed by atoms with van der Waals surface area (Å²) in [6, 6.07) is 12.1. The van der Waals surface area contributed by atoms with Crippen LogP contribution in [-0.2, 0) is 9.63 Å². The first kappa shape index (κ1) is 17.6. The van der Waals surface area contributed by atoms with Crippen molar-refractivity contribution in [1.29, 1.82) is 0 Å². The summed E-state index contributed by atoms with van der Waals surface area (Å²) in [5.74, 6) is 0.770. The van der Waals surface area contributed by atoms with Gasteiger partial charge in [0.25, 0.3) is 5.91 Å². The molecule has 1 N–H and O–H groups in total. The van der Waals surface area contributed by atoms with Crippen molar-refractivity contribution in [3.8, 4) is 11.5 Å². The number of ether oxygens (including phenoxy) is 2. The van der Waals surface area contributed by atoms with Gasteiger partial charge in [0.2, 0.25) is 0 Å². The third kappa shape index (κ3) is 5.17. The summed E-state index contributed by atoms with van der Waals surface area (Å²) in [5.41, 5.74) is 1.39. The molecule has 24 heavy (non-hydrogen) atoms. The molecule has 126 valence electrons. The van der Waals surface area contributed by atoms with Crippen molar-refractivity contribution in [3.63, 3.8) is 0 Å². The van der Waals surface area contributed by atoms with E-state index in [1.807, 2.05) is 0 Å². The average molecular weight is 349 g/mol. The van der Waals surface area contributed by atoms with Crippen LogP contribution in [0.5, 0.6) is 11.5 Å². The van der Waals surface area contributed by atoms with Gasteiger partial charge in [-0.1, -0.05) is 28.9 Å². The molecule has 2 aromatic rings. The predicted molar refractivity (Wildman–Crippen MR) is 93.2 cm³/mol. The molecule has 2 aromatic carbocycles. The van der Waals surface area contributed by atoms with E-state index in [0.717, 1.165) is 5.56 Å². The molecular weight excluding hydrogens is 332 g/mol. The third-order valence-corrected chi connectivity index (χ3v) is 3.26. The van der Waals surface area contributed by atoms with E-state index in [9.17, 15) is 4.79 Å². The minimum absolute atomic E-state index is 0.210. The zero-order chi connectivity index (χ0) is 17.4. The number of carbonyl (C=O) groups is 1. The molecular formula is C17H17ClN2O4. The Morgan fingerprint density at radius 1 is 1.12 bits per heavy atom. The number of hydrogen-bond donors (Lipinski definition) is 1. The first-order valence-corrected chi connectivity index (χ1v) is 7.43. The Labute approximate surface area is 145 Å². The lowest BCUT2D eigenvalue weighted by Crippen LogP contribution is -2.17. The Kier molecular flexibility index (Phi) is 6.45. The van der Waals surface area contributed by atoms with Crippen LogP contribution in [0.2, 0.25) is 5.02 Å². The Hall–Kier alpha value is -2.73. The van der Waals surface area contributed by atoms with Crippen LogP contribution in [0, 0.1) is 0 Å². The molecule has 0 aliphatic rings. The van der Waals surface area contributed by atoms with Gasteiger partial charge in [0.1, 0.15) is 0 Å². The first-order valence-electron chi connectivity index (χ1n) is 7.05. The van der Waals surface area contributed by atoms with E-state index in [0.29, 0.717) is 22.2 Å². The van der Waals surface area contributed by atoms with Gasteiger partial charge in [-0.15, -0.1) is 0 Å². The van der Waals surface area contributed by atoms with Crippen LogP contribution in [0.4, 0.5) is 5.69 Å².